The van der Waals surface area contributed by atoms with Gasteiger partial charge in [0.15, 0.2) is 0 Å². The molecule has 0 bridgehead atoms. The van der Waals surface area contributed by atoms with Gasteiger partial charge >= 0.3 is 0 Å². The lowest BCUT2D eigenvalue weighted by atomic mass is 9.87. The van der Waals surface area contributed by atoms with Crippen LogP contribution in [-0.2, 0) is 10.2 Å². The van der Waals surface area contributed by atoms with Crippen LogP contribution in [0.1, 0.15) is 44.7 Å². The van der Waals surface area contributed by atoms with E-state index in [0.717, 1.165) is 11.5 Å². The third kappa shape index (κ3) is 7.73. The maximum Gasteiger partial charge on any atom is 0.220 e. The SMILES string of the molecule is Cc1ccc(OCCCC(=O)NCCOc2ccc(C(C)(C)C)cc2)cc1. The quantitative estimate of drug-likeness (QED) is 0.655. The summed E-state index contributed by atoms with van der Waals surface area (Å²) in [4.78, 5) is 11.8. The van der Waals surface area contributed by atoms with E-state index >= 15 is 0 Å². The van der Waals surface area contributed by atoms with E-state index < -0.39 is 0 Å². The maximum atomic E-state index is 11.8. The largest absolute Gasteiger partial charge is 0.494 e. The van der Waals surface area contributed by atoms with Crippen molar-refractivity contribution >= 4 is 5.91 Å². The van der Waals surface area contributed by atoms with Crippen LogP contribution in [0.15, 0.2) is 48.5 Å². The zero-order valence-corrected chi connectivity index (χ0v) is 16.9. The molecule has 0 fully saturated rings. The Morgan fingerprint density at radius 3 is 2.04 bits per heavy atom. The summed E-state index contributed by atoms with van der Waals surface area (Å²) in [6.07, 6.45) is 1.14. The Hall–Kier alpha value is -2.49. The van der Waals surface area contributed by atoms with Gasteiger partial charge in [0, 0.05) is 6.42 Å². The van der Waals surface area contributed by atoms with Gasteiger partial charge in [0.05, 0.1) is 13.2 Å². The van der Waals surface area contributed by atoms with Crippen molar-refractivity contribution in [1.29, 1.82) is 0 Å². The monoisotopic (exact) mass is 369 g/mol. The summed E-state index contributed by atoms with van der Waals surface area (Å²) in [5.41, 5.74) is 2.61. The fourth-order valence-electron chi connectivity index (χ4n) is 2.56. The standard InChI is InChI=1S/C23H31NO3/c1-18-7-11-20(12-8-18)26-16-5-6-22(25)24-15-17-27-21-13-9-19(10-14-21)23(2,3)4/h7-14H,5-6,15-17H2,1-4H3,(H,24,25). The van der Waals surface area contributed by atoms with E-state index in [0.29, 0.717) is 32.6 Å². The first-order chi connectivity index (χ1) is 12.8. The van der Waals surface area contributed by atoms with Gasteiger partial charge in [-0.1, -0.05) is 50.6 Å². The van der Waals surface area contributed by atoms with Crippen LogP contribution in [0.5, 0.6) is 11.5 Å². The molecule has 4 nitrogen and oxygen atoms in total. The second-order valence-corrected chi connectivity index (χ2v) is 7.74. The first-order valence-electron chi connectivity index (χ1n) is 9.54. The number of hydrogen-bond donors (Lipinski definition) is 1. The molecule has 2 aromatic rings. The van der Waals surface area contributed by atoms with Crippen molar-refractivity contribution in [2.45, 2.75) is 46.0 Å². The molecule has 0 aromatic heterocycles. The van der Waals surface area contributed by atoms with E-state index in [1.165, 1.54) is 11.1 Å². The van der Waals surface area contributed by atoms with E-state index in [1.807, 2.05) is 43.3 Å². The van der Waals surface area contributed by atoms with Crippen LogP contribution in [0.2, 0.25) is 0 Å². The van der Waals surface area contributed by atoms with Crippen LogP contribution in [0.3, 0.4) is 0 Å². The number of carbonyl (C=O) groups is 1. The van der Waals surface area contributed by atoms with Crippen molar-refractivity contribution < 1.29 is 14.3 Å². The van der Waals surface area contributed by atoms with Gasteiger partial charge in [-0.05, 0) is 48.6 Å². The minimum Gasteiger partial charge on any atom is -0.494 e. The number of ether oxygens (including phenoxy) is 2. The summed E-state index contributed by atoms with van der Waals surface area (Å²) in [5, 5.41) is 2.88. The topological polar surface area (TPSA) is 47.6 Å². The van der Waals surface area contributed by atoms with Gasteiger partial charge in [0.1, 0.15) is 18.1 Å². The van der Waals surface area contributed by atoms with E-state index in [1.54, 1.807) is 0 Å². The van der Waals surface area contributed by atoms with Gasteiger partial charge in [0.25, 0.3) is 0 Å². The van der Waals surface area contributed by atoms with Gasteiger partial charge in [-0.2, -0.15) is 0 Å². The van der Waals surface area contributed by atoms with Crippen molar-refractivity contribution in [3.8, 4) is 11.5 Å². The zero-order chi connectivity index (χ0) is 19.7. The fraction of sp³-hybridized carbons (Fsp3) is 0.435. The average Bonchev–Trinajstić information content (AvgIpc) is 2.63. The molecule has 146 valence electrons. The summed E-state index contributed by atoms with van der Waals surface area (Å²) in [6, 6.07) is 16.0. The number of amides is 1. The number of benzene rings is 2. The highest BCUT2D eigenvalue weighted by atomic mass is 16.5. The van der Waals surface area contributed by atoms with E-state index in [2.05, 4.69) is 38.2 Å². The van der Waals surface area contributed by atoms with Crippen LogP contribution in [-0.4, -0.2) is 25.7 Å². The van der Waals surface area contributed by atoms with Crippen LogP contribution in [0, 0.1) is 6.92 Å². The molecule has 4 heteroatoms. The van der Waals surface area contributed by atoms with Crippen molar-refractivity contribution in [3.05, 3.63) is 59.7 Å². The Bertz CT molecular complexity index is 700. The van der Waals surface area contributed by atoms with E-state index in [9.17, 15) is 4.79 Å². The predicted molar refractivity (Wildman–Crippen MR) is 110 cm³/mol. The van der Waals surface area contributed by atoms with Gasteiger partial charge in [0.2, 0.25) is 5.91 Å². The normalized spacial score (nSPS) is 11.1. The highest BCUT2D eigenvalue weighted by Gasteiger charge is 2.12. The minimum absolute atomic E-state index is 0.0224. The number of rotatable bonds is 9. The summed E-state index contributed by atoms with van der Waals surface area (Å²) in [7, 11) is 0. The molecule has 27 heavy (non-hydrogen) atoms. The third-order valence-electron chi connectivity index (χ3n) is 4.25. The molecule has 0 aliphatic carbocycles. The predicted octanol–water partition coefficient (Wildman–Crippen LogP) is 4.65. The summed E-state index contributed by atoms with van der Waals surface area (Å²) in [6.45, 7) is 10.1. The van der Waals surface area contributed by atoms with Gasteiger partial charge in [-0.15, -0.1) is 0 Å². The molecule has 1 amide bonds. The molecule has 0 atom stereocenters. The van der Waals surface area contributed by atoms with Crippen molar-refractivity contribution in [3.63, 3.8) is 0 Å². The molecule has 0 heterocycles. The molecule has 0 unspecified atom stereocenters. The molecular weight excluding hydrogens is 338 g/mol. The number of hydrogen-bond acceptors (Lipinski definition) is 3. The Morgan fingerprint density at radius 1 is 0.889 bits per heavy atom. The molecule has 0 aliphatic heterocycles. The number of carbonyl (C=O) groups excluding carboxylic acids is 1. The van der Waals surface area contributed by atoms with Gasteiger partial charge < -0.3 is 14.8 Å². The lowest BCUT2D eigenvalue weighted by Crippen LogP contribution is -2.28. The molecule has 0 aliphatic rings. The highest BCUT2D eigenvalue weighted by molar-refractivity contribution is 5.75. The molecule has 0 saturated carbocycles. The third-order valence-corrected chi connectivity index (χ3v) is 4.25. The second-order valence-electron chi connectivity index (χ2n) is 7.74. The fourth-order valence-corrected chi connectivity index (χ4v) is 2.56. The van der Waals surface area contributed by atoms with Crippen molar-refractivity contribution in [2.24, 2.45) is 0 Å². The van der Waals surface area contributed by atoms with Crippen molar-refractivity contribution in [2.75, 3.05) is 19.8 Å². The van der Waals surface area contributed by atoms with Crippen molar-refractivity contribution in [1.82, 2.24) is 5.32 Å². The first-order valence-corrected chi connectivity index (χ1v) is 9.54. The van der Waals surface area contributed by atoms with Crippen LogP contribution >= 0.6 is 0 Å². The van der Waals surface area contributed by atoms with Crippen LogP contribution in [0.4, 0.5) is 0 Å². The smallest absolute Gasteiger partial charge is 0.220 e. The Labute approximate surface area is 162 Å². The molecule has 2 aromatic carbocycles. The van der Waals surface area contributed by atoms with Crippen LogP contribution < -0.4 is 14.8 Å². The number of aryl methyl sites for hydroxylation is 1. The van der Waals surface area contributed by atoms with E-state index in [-0.39, 0.29) is 11.3 Å². The first kappa shape index (κ1) is 20.8. The molecule has 0 saturated heterocycles. The highest BCUT2D eigenvalue weighted by Crippen LogP contribution is 2.24. The summed E-state index contributed by atoms with van der Waals surface area (Å²) >= 11 is 0. The second kappa shape index (κ2) is 10.0. The molecule has 1 N–H and O–H groups in total. The Balaban J connectivity index is 1.56. The van der Waals surface area contributed by atoms with Crippen LogP contribution in [0.25, 0.3) is 0 Å². The summed E-state index contributed by atoms with van der Waals surface area (Å²) in [5.74, 6) is 1.69. The van der Waals surface area contributed by atoms with E-state index in [4.69, 9.17) is 9.47 Å². The minimum atomic E-state index is 0.0224. The lowest BCUT2D eigenvalue weighted by Gasteiger charge is -2.19. The lowest BCUT2D eigenvalue weighted by molar-refractivity contribution is -0.121. The zero-order valence-electron chi connectivity index (χ0n) is 16.9. The Morgan fingerprint density at radius 2 is 1.44 bits per heavy atom. The number of nitrogens with one attached hydrogen (secondary N) is 1. The van der Waals surface area contributed by atoms with Gasteiger partial charge in [-0.3, -0.25) is 4.79 Å². The summed E-state index contributed by atoms with van der Waals surface area (Å²) < 4.78 is 11.3. The molecule has 0 radical (unpaired) electrons. The maximum absolute atomic E-state index is 11.8. The molecular formula is C23H31NO3. The van der Waals surface area contributed by atoms with Gasteiger partial charge in [-0.25, -0.2) is 0 Å². The molecule has 2 rings (SSSR count). The Kier molecular flexibility index (Phi) is 7.71. The molecule has 0 spiro atoms. The average molecular weight is 370 g/mol.